The predicted octanol–water partition coefficient (Wildman–Crippen LogP) is -0.233. The first-order valence-corrected chi connectivity index (χ1v) is 7.79. The lowest BCUT2D eigenvalue weighted by Crippen LogP contribution is -2.54. The monoisotopic (exact) mass is 302 g/mol. The van der Waals surface area contributed by atoms with E-state index in [2.05, 4.69) is 22.3 Å². The largest absolute Gasteiger partial charge is 0.368 e. The van der Waals surface area contributed by atoms with Gasteiger partial charge in [-0.1, -0.05) is 18.2 Å². The maximum atomic E-state index is 12.4. The minimum Gasteiger partial charge on any atom is -0.368 e. The van der Waals surface area contributed by atoms with Gasteiger partial charge in [-0.2, -0.15) is 0 Å². The summed E-state index contributed by atoms with van der Waals surface area (Å²) < 4.78 is 0. The maximum Gasteiger partial charge on any atom is 0.236 e. The molecule has 1 aromatic carbocycles. The number of benzene rings is 1. The summed E-state index contributed by atoms with van der Waals surface area (Å²) in [6.45, 7) is 5.26. The number of nitrogens with one attached hydrogen (secondary N) is 1. The summed E-state index contributed by atoms with van der Waals surface area (Å²) in [5, 5.41) is 2.78. The first-order chi connectivity index (χ1) is 10.7. The van der Waals surface area contributed by atoms with Crippen LogP contribution in [-0.4, -0.2) is 74.0 Å². The summed E-state index contributed by atoms with van der Waals surface area (Å²) in [4.78, 5) is 29.8. The summed E-state index contributed by atoms with van der Waals surface area (Å²) in [5.74, 6) is 0.135. The average molecular weight is 302 g/mol. The van der Waals surface area contributed by atoms with Gasteiger partial charge < -0.3 is 15.1 Å². The number of anilines is 1. The highest BCUT2D eigenvalue weighted by Crippen LogP contribution is 2.15. The molecule has 0 aromatic heterocycles. The molecule has 2 aliphatic heterocycles. The Morgan fingerprint density at radius 3 is 2.45 bits per heavy atom. The van der Waals surface area contributed by atoms with Crippen molar-refractivity contribution in [1.82, 2.24) is 15.1 Å². The lowest BCUT2D eigenvalue weighted by Gasteiger charge is -2.37. The predicted molar refractivity (Wildman–Crippen MR) is 84.7 cm³/mol. The number of hydrogen-bond donors (Lipinski definition) is 1. The molecule has 0 bridgehead atoms. The van der Waals surface area contributed by atoms with Crippen LogP contribution in [-0.2, 0) is 9.59 Å². The molecule has 0 radical (unpaired) electrons. The molecule has 2 aliphatic rings. The van der Waals surface area contributed by atoms with Crippen molar-refractivity contribution in [2.24, 2.45) is 0 Å². The third-order valence-electron chi connectivity index (χ3n) is 4.23. The fourth-order valence-corrected chi connectivity index (χ4v) is 2.97. The average Bonchev–Trinajstić information content (AvgIpc) is 2.56. The summed E-state index contributed by atoms with van der Waals surface area (Å²) in [7, 11) is 0. The van der Waals surface area contributed by atoms with Crippen LogP contribution in [0.4, 0.5) is 5.69 Å². The maximum absolute atomic E-state index is 12.4. The van der Waals surface area contributed by atoms with Gasteiger partial charge in [-0.25, -0.2) is 0 Å². The Balaban J connectivity index is 1.48. The molecule has 1 aromatic rings. The summed E-state index contributed by atoms with van der Waals surface area (Å²) in [6, 6.07) is 10.3. The number of piperazine rings is 2. The minimum absolute atomic E-state index is 0.00736. The molecule has 22 heavy (non-hydrogen) atoms. The molecule has 6 nitrogen and oxygen atoms in total. The summed E-state index contributed by atoms with van der Waals surface area (Å²) in [5.41, 5.74) is 1.21. The second kappa shape index (κ2) is 6.79. The van der Waals surface area contributed by atoms with Gasteiger partial charge >= 0.3 is 0 Å². The zero-order valence-corrected chi connectivity index (χ0v) is 12.7. The number of amides is 2. The van der Waals surface area contributed by atoms with Gasteiger partial charge in [0.2, 0.25) is 11.8 Å². The Labute approximate surface area is 130 Å². The highest BCUT2D eigenvalue weighted by Gasteiger charge is 2.24. The van der Waals surface area contributed by atoms with Gasteiger partial charge in [0, 0.05) is 45.0 Å². The van der Waals surface area contributed by atoms with Gasteiger partial charge in [0.25, 0.3) is 0 Å². The van der Waals surface area contributed by atoms with Gasteiger partial charge in [0.05, 0.1) is 13.1 Å². The van der Waals surface area contributed by atoms with E-state index in [4.69, 9.17) is 0 Å². The Morgan fingerprint density at radius 1 is 1.05 bits per heavy atom. The molecule has 118 valence electrons. The topological polar surface area (TPSA) is 55.9 Å². The fourth-order valence-electron chi connectivity index (χ4n) is 2.97. The second-order valence-electron chi connectivity index (χ2n) is 5.76. The number of hydrogen-bond acceptors (Lipinski definition) is 4. The van der Waals surface area contributed by atoms with E-state index < -0.39 is 0 Å². The molecule has 2 amide bonds. The molecule has 6 heteroatoms. The van der Waals surface area contributed by atoms with Gasteiger partial charge in [-0.3, -0.25) is 14.5 Å². The standard InChI is InChI=1S/C16H22N4O2/c21-15-12-18(7-6-17-15)13-16(22)20-10-8-19(9-11-20)14-4-2-1-3-5-14/h1-5H,6-13H2,(H,17,21). The fraction of sp³-hybridized carbons (Fsp3) is 0.500. The van der Waals surface area contributed by atoms with E-state index in [-0.39, 0.29) is 11.8 Å². The van der Waals surface area contributed by atoms with Crippen molar-refractivity contribution >= 4 is 17.5 Å². The van der Waals surface area contributed by atoms with E-state index in [1.807, 2.05) is 28.0 Å². The molecule has 2 saturated heterocycles. The van der Waals surface area contributed by atoms with Crippen LogP contribution >= 0.6 is 0 Å². The number of carbonyl (C=O) groups is 2. The third-order valence-corrected chi connectivity index (χ3v) is 4.23. The highest BCUT2D eigenvalue weighted by atomic mass is 16.2. The van der Waals surface area contributed by atoms with Gasteiger partial charge in [0.1, 0.15) is 0 Å². The molecule has 0 atom stereocenters. The van der Waals surface area contributed by atoms with Crippen LogP contribution in [0.1, 0.15) is 0 Å². The normalized spacial score (nSPS) is 19.9. The van der Waals surface area contributed by atoms with Crippen molar-refractivity contribution < 1.29 is 9.59 Å². The van der Waals surface area contributed by atoms with Gasteiger partial charge in [-0.05, 0) is 12.1 Å². The quantitative estimate of drug-likeness (QED) is 0.838. The number of para-hydroxylation sites is 1. The molecule has 0 unspecified atom stereocenters. The molecule has 1 N–H and O–H groups in total. The molecule has 0 spiro atoms. The van der Waals surface area contributed by atoms with Crippen LogP contribution < -0.4 is 10.2 Å². The Morgan fingerprint density at radius 2 is 1.77 bits per heavy atom. The minimum atomic E-state index is 0.00736. The van der Waals surface area contributed by atoms with Crippen molar-refractivity contribution in [2.45, 2.75) is 0 Å². The highest BCUT2D eigenvalue weighted by molar-refractivity contribution is 5.82. The SMILES string of the molecule is O=C1CN(CC(=O)N2CCN(c3ccccc3)CC2)CCN1. The third kappa shape index (κ3) is 3.57. The number of carbonyl (C=O) groups excluding carboxylic acids is 2. The van der Waals surface area contributed by atoms with Crippen LogP contribution in [0, 0.1) is 0 Å². The van der Waals surface area contributed by atoms with Crippen molar-refractivity contribution in [3.63, 3.8) is 0 Å². The summed E-state index contributed by atoms with van der Waals surface area (Å²) in [6.07, 6.45) is 0. The van der Waals surface area contributed by atoms with Crippen LogP contribution in [0.2, 0.25) is 0 Å². The van der Waals surface area contributed by atoms with E-state index in [9.17, 15) is 9.59 Å². The Bertz CT molecular complexity index is 526. The van der Waals surface area contributed by atoms with E-state index in [0.29, 0.717) is 19.6 Å². The molecule has 0 saturated carbocycles. The van der Waals surface area contributed by atoms with Crippen molar-refractivity contribution in [1.29, 1.82) is 0 Å². The zero-order valence-electron chi connectivity index (χ0n) is 12.7. The van der Waals surface area contributed by atoms with Crippen LogP contribution in [0.15, 0.2) is 30.3 Å². The van der Waals surface area contributed by atoms with E-state index in [1.165, 1.54) is 5.69 Å². The van der Waals surface area contributed by atoms with Crippen molar-refractivity contribution in [2.75, 3.05) is 57.3 Å². The van der Waals surface area contributed by atoms with E-state index >= 15 is 0 Å². The molecular weight excluding hydrogens is 280 g/mol. The molecule has 3 rings (SSSR count). The Hall–Kier alpha value is -2.08. The Kier molecular flexibility index (Phi) is 4.58. The zero-order chi connectivity index (χ0) is 15.4. The molecular formula is C16H22N4O2. The van der Waals surface area contributed by atoms with E-state index in [0.717, 1.165) is 32.7 Å². The molecule has 2 heterocycles. The lowest BCUT2D eigenvalue weighted by atomic mass is 10.2. The summed E-state index contributed by atoms with van der Waals surface area (Å²) >= 11 is 0. The van der Waals surface area contributed by atoms with Gasteiger partial charge in [-0.15, -0.1) is 0 Å². The van der Waals surface area contributed by atoms with Crippen molar-refractivity contribution in [3.05, 3.63) is 30.3 Å². The van der Waals surface area contributed by atoms with Crippen LogP contribution in [0.3, 0.4) is 0 Å². The molecule has 0 aliphatic carbocycles. The number of rotatable bonds is 3. The smallest absolute Gasteiger partial charge is 0.236 e. The van der Waals surface area contributed by atoms with Gasteiger partial charge in [0.15, 0.2) is 0 Å². The number of nitrogens with zero attached hydrogens (tertiary/aromatic N) is 3. The second-order valence-corrected chi connectivity index (χ2v) is 5.76. The molecule has 2 fully saturated rings. The first-order valence-electron chi connectivity index (χ1n) is 7.79. The lowest BCUT2D eigenvalue weighted by molar-refractivity contribution is -0.134. The van der Waals surface area contributed by atoms with Crippen LogP contribution in [0.5, 0.6) is 0 Å². The van der Waals surface area contributed by atoms with Crippen molar-refractivity contribution in [3.8, 4) is 0 Å². The van der Waals surface area contributed by atoms with Crippen LogP contribution in [0.25, 0.3) is 0 Å². The van der Waals surface area contributed by atoms with E-state index in [1.54, 1.807) is 0 Å². The first kappa shape index (κ1) is 14.8.